The van der Waals surface area contributed by atoms with E-state index in [0.717, 1.165) is 0 Å². The van der Waals surface area contributed by atoms with Crippen LogP contribution >= 0.6 is 0 Å². The van der Waals surface area contributed by atoms with E-state index in [4.69, 9.17) is 9.84 Å². The first-order valence-corrected chi connectivity index (χ1v) is 7.34. The molecule has 0 fully saturated rings. The van der Waals surface area contributed by atoms with Crippen LogP contribution in [0.4, 0.5) is 11.4 Å². The lowest BCUT2D eigenvalue weighted by molar-refractivity contribution is -0.385. The minimum Gasteiger partial charge on any atom is -0.478 e. The molecule has 1 rings (SSSR count). The highest BCUT2D eigenvalue weighted by molar-refractivity contribution is 6.21. The van der Waals surface area contributed by atoms with Crippen molar-refractivity contribution in [2.45, 2.75) is 20.3 Å². The molecule has 0 saturated carbocycles. The van der Waals surface area contributed by atoms with Crippen molar-refractivity contribution in [3.8, 4) is 0 Å². The highest BCUT2D eigenvalue weighted by Crippen LogP contribution is 2.36. The van der Waals surface area contributed by atoms with Crippen molar-refractivity contribution < 1.29 is 24.4 Å². The van der Waals surface area contributed by atoms with Crippen molar-refractivity contribution >= 4 is 28.9 Å². The van der Waals surface area contributed by atoms with Gasteiger partial charge in [-0.25, -0.2) is 9.59 Å². The summed E-state index contributed by atoms with van der Waals surface area (Å²) in [7, 11) is 3.49. The van der Waals surface area contributed by atoms with Crippen LogP contribution < -0.4 is 4.90 Å². The zero-order valence-corrected chi connectivity index (χ0v) is 14.0. The minimum absolute atomic E-state index is 0.0278. The van der Waals surface area contributed by atoms with Crippen molar-refractivity contribution in [2.24, 2.45) is 0 Å². The summed E-state index contributed by atoms with van der Waals surface area (Å²) in [5, 5.41) is 20.6. The van der Waals surface area contributed by atoms with Crippen molar-refractivity contribution in [2.75, 3.05) is 25.6 Å². The summed E-state index contributed by atoms with van der Waals surface area (Å²) in [6.45, 7) is 3.35. The standard InChI is InChI=1S/C16H20N2O6/c1-5-10-13(17(3)4)8-7-11(15(10)18(22)23)12(9-14(19)20)16(21)24-6-2/h7-9H,5-6H2,1-4H3,(H,19,20). The third-order valence-electron chi connectivity index (χ3n) is 3.33. The van der Waals surface area contributed by atoms with E-state index in [2.05, 4.69) is 0 Å². The van der Waals surface area contributed by atoms with Crippen LogP contribution in [0.1, 0.15) is 25.0 Å². The number of carboxylic acid groups (broad SMARTS) is 1. The molecular formula is C16H20N2O6. The number of aliphatic carboxylic acids is 1. The Kier molecular flexibility index (Phi) is 6.46. The molecule has 0 amide bonds. The number of ether oxygens (including phenoxy) is 1. The molecule has 8 heteroatoms. The molecule has 0 unspecified atom stereocenters. The highest BCUT2D eigenvalue weighted by Gasteiger charge is 2.28. The molecule has 0 aromatic heterocycles. The molecule has 0 heterocycles. The predicted molar refractivity (Wildman–Crippen MR) is 89.0 cm³/mol. The van der Waals surface area contributed by atoms with Crippen LogP contribution in [-0.2, 0) is 20.7 Å². The average Bonchev–Trinajstić information content (AvgIpc) is 2.50. The zero-order valence-electron chi connectivity index (χ0n) is 14.0. The molecular weight excluding hydrogens is 316 g/mol. The number of nitro groups is 1. The molecule has 1 aromatic carbocycles. The Balaban J connectivity index is 3.75. The highest BCUT2D eigenvalue weighted by atomic mass is 16.6. The maximum atomic E-state index is 12.1. The van der Waals surface area contributed by atoms with Crippen LogP contribution in [0.5, 0.6) is 0 Å². The molecule has 8 nitrogen and oxygen atoms in total. The second-order valence-electron chi connectivity index (χ2n) is 5.08. The molecule has 0 aliphatic rings. The number of carbonyl (C=O) groups is 2. The molecule has 0 radical (unpaired) electrons. The number of anilines is 1. The minimum atomic E-state index is -1.39. The number of benzene rings is 1. The second kappa shape index (κ2) is 8.09. The number of nitrogens with zero attached hydrogens (tertiary/aromatic N) is 2. The second-order valence-corrected chi connectivity index (χ2v) is 5.08. The normalized spacial score (nSPS) is 11.1. The Hall–Kier alpha value is -2.90. The van der Waals surface area contributed by atoms with Crippen LogP contribution in [-0.4, -0.2) is 42.7 Å². The molecule has 1 N–H and O–H groups in total. The third-order valence-corrected chi connectivity index (χ3v) is 3.33. The van der Waals surface area contributed by atoms with Crippen molar-refractivity contribution in [1.29, 1.82) is 0 Å². The van der Waals surface area contributed by atoms with Gasteiger partial charge in [-0.15, -0.1) is 0 Å². The topological polar surface area (TPSA) is 110 Å². The molecule has 0 spiro atoms. The Morgan fingerprint density at radius 3 is 2.38 bits per heavy atom. The first-order chi connectivity index (χ1) is 11.2. The molecule has 1 aromatic rings. The molecule has 130 valence electrons. The van der Waals surface area contributed by atoms with E-state index in [1.807, 2.05) is 0 Å². The van der Waals surface area contributed by atoms with Gasteiger partial charge in [0.15, 0.2) is 0 Å². The maximum Gasteiger partial charge on any atom is 0.339 e. The largest absolute Gasteiger partial charge is 0.478 e. The first kappa shape index (κ1) is 19.1. The van der Waals surface area contributed by atoms with Gasteiger partial charge in [0.25, 0.3) is 5.69 Å². The number of esters is 1. The van der Waals surface area contributed by atoms with Crippen molar-refractivity contribution in [3.63, 3.8) is 0 Å². The van der Waals surface area contributed by atoms with Gasteiger partial charge in [-0.05, 0) is 25.5 Å². The number of hydrogen-bond donors (Lipinski definition) is 1. The molecule has 0 atom stereocenters. The molecule has 0 aliphatic heterocycles. The van der Waals surface area contributed by atoms with E-state index in [1.165, 1.54) is 6.07 Å². The fourth-order valence-corrected chi connectivity index (χ4v) is 2.40. The summed E-state index contributed by atoms with van der Waals surface area (Å²) in [5.74, 6) is -2.30. The SMILES string of the molecule is CCOC(=O)C(=CC(=O)O)c1ccc(N(C)C)c(CC)c1[N+](=O)[O-]. The number of nitro benzene ring substituents is 1. The number of carboxylic acids is 1. The number of rotatable bonds is 7. The lowest BCUT2D eigenvalue weighted by Gasteiger charge is -2.18. The quantitative estimate of drug-likeness (QED) is 0.352. The fourth-order valence-electron chi connectivity index (χ4n) is 2.40. The van der Waals surface area contributed by atoms with E-state index in [0.29, 0.717) is 23.7 Å². The Labute approximate surface area is 139 Å². The van der Waals surface area contributed by atoms with Gasteiger partial charge in [0.1, 0.15) is 0 Å². The van der Waals surface area contributed by atoms with Gasteiger partial charge in [0.2, 0.25) is 0 Å². The summed E-state index contributed by atoms with van der Waals surface area (Å²) in [6.07, 6.45) is 0.982. The number of hydrogen-bond acceptors (Lipinski definition) is 6. The van der Waals surface area contributed by atoms with E-state index in [-0.39, 0.29) is 23.4 Å². The van der Waals surface area contributed by atoms with Gasteiger partial charge >= 0.3 is 11.9 Å². The van der Waals surface area contributed by atoms with E-state index in [9.17, 15) is 19.7 Å². The van der Waals surface area contributed by atoms with Crippen LogP contribution in [0.2, 0.25) is 0 Å². The summed E-state index contributed by atoms with van der Waals surface area (Å²) in [5.41, 5.74) is 0.346. The molecule has 0 bridgehead atoms. The monoisotopic (exact) mass is 336 g/mol. The van der Waals surface area contributed by atoms with Gasteiger partial charge in [-0.2, -0.15) is 0 Å². The summed E-state index contributed by atoms with van der Waals surface area (Å²) in [6, 6.07) is 2.99. The van der Waals surface area contributed by atoms with E-state index < -0.39 is 16.9 Å². The Morgan fingerprint density at radius 2 is 1.96 bits per heavy atom. The van der Waals surface area contributed by atoms with Crippen molar-refractivity contribution in [3.05, 3.63) is 39.4 Å². The van der Waals surface area contributed by atoms with Gasteiger partial charge < -0.3 is 14.7 Å². The molecule has 0 saturated heterocycles. The average molecular weight is 336 g/mol. The Morgan fingerprint density at radius 1 is 1.33 bits per heavy atom. The van der Waals surface area contributed by atoms with Gasteiger partial charge in [-0.3, -0.25) is 10.1 Å². The fraction of sp³-hybridized carbons (Fsp3) is 0.375. The van der Waals surface area contributed by atoms with Crippen LogP contribution in [0.3, 0.4) is 0 Å². The van der Waals surface area contributed by atoms with Gasteiger partial charge in [-0.1, -0.05) is 6.92 Å². The molecule has 0 aliphatic carbocycles. The van der Waals surface area contributed by atoms with E-state index in [1.54, 1.807) is 38.9 Å². The summed E-state index contributed by atoms with van der Waals surface area (Å²) in [4.78, 5) is 35.9. The lowest BCUT2D eigenvalue weighted by Crippen LogP contribution is -2.15. The summed E-state index contributed by atoms with van der Waals surface area (Å²) >= 11 is 0. The summed E-state index contributed by atoms with van der Waals surface area (Å²) < 4.78 is 4.84. The smallest absolute Gasteiger partial charge is 0.339 e. The maximum absolute atomic E-state index is 12.1. The van der Waals surface area contributed by atoms with E-state index >= 15 is 0 Å². The zero-order chi connectivity index (χ0) is 18.4. The van der Waals surface area contributed by atoms with Gasteiger partial charge in [0.05, 0.1) is 28.2 Å². The van der Waals surface area contributed by atoms with Crippen LogP contribution in [0.15, 0.2) is 18.2 Å². The Bertz CT molecular complexity index is 694. The van der Waals surface area contributed by atoms with Crippen LogP contribution in [0.25, 0.3) is 5.57 Å². The van der Waals surface area contributed by atoms with Gasteiger partial charge in [0, 0.05) is 25.9 Å². The van der Waals surface area contributed by atoms with Crippen molar-refractivity contribution in [1.82, 2.24) is 0 Å². The lowest BCUT2D eigenvalue weighted by atomic mass is 9.96. The molecule has 24 heavy (non-hydrogen) atoms. The van der Waals surface area contributed by atoms with Crippen LogP contribution in [0, 0.1) is 10.1 Å². The first-order valence-electron chi connectivity index (χ1n) is 7.34. The number of carbonyl (C=O) groups excluding carboxylic acids is 1. The third kappa shape index (κ3) is 4.09. The predicted octanol–water partition coefficient (Wildman–Crippen LogP) is 2.25.